The van der Waals surface area contributed by atoms with Gasteiger partial charge in [0.15, 0.2) is 10.5 Å². The summed E-state index contributed by atoms with van der Waals surface area (Å²) in [5.74, 6) is 0. The van der Waals surface area contributed by atoms with Crippen molar-refractivity contribution in [3.8, 4) is 0 Å². The van der Waals surface area contributed by atoms with Gasteiger partial charge in [0.1, 0.15) is 5.01 Å². The van der Waals surface area contributed by atoms with Gasteiger partial charge in [-0.25, -0.2) is 15.0 Å². The molecule has 4 aromatic rings. The van der Waals surface area contributed by atoms with Crippen LogP contribution in [0.25, 0.3) is 27.6 Å². The van der Waals surface area contributed by atoms with Crippen molar-refractivity contribution >= 4 is 60.5 Å². The summed E-state index contributed by atoms with van der Waals surface area (Å²) in [7, 11) is 2.13. The van der Waals surface area contributed by atoms with Gasteiger partial charge in [0.05, 0.1) is 11.0 Å². The van der Waals surface area contributed by atoms with Crippen LogP contribution in [0.15, 0.2) is 64.8 Å². The van der Waals surface area contributed by atoms with E-state index in [1.165, 1.54) is 16.9 Å². The lowest BCUT2D eigenvalue weighted by Gasteiger charge is -2.23. The molecule has 0 unspecified atom stereocenters. The van der Waals surface area contributed by atoms with Crippen molar-refractivity contribution in [2.24, 2.45) is 0 Å². The van der Waals surface area contributed by atoms with E-state index in [4.69, 9.17) is 4.98 Å². The third kappa shape index (κ3) is 3.07. The van der Waals surface area contributed by atoms with Gasteiger partial charge >= 0.3 is 0 Å². The summed E-state index contributed by atoms with van der Waals surface area (Å²) in [6.45, 7) is 4.54. The normalized spacial score (nSPS) is 17.1. The SMILES string of the molecule is CN1/C(=C/C=C/c2nc3nc4cc(Br)ccc4nc3s2)C(C)(C)c2ccccc21. The third-order valence-electron chi connectivity index (χ3n) is 5.43. The van der Waals surface area contributed by atoms with Crippen LogP contribution in [0, 0.1) is 0 Å². The Hall–Kier alpha value is -2.57. The molecule has 0 N–H and O–H groups in total. The number of fused-ring (bicyclic) bond motifs is 3. The van der Waals surface area contributed by atoms with Gasteiger partial charge in [0.25, 0.3) is 0 Å². The lowest BCUT2D eigenvalue weighted by molar-refractivity contribution is 0.640. The molecule has 2 aromatic carbocycles. The van der Waals surface area contributed by atoms with E-state index < -0.39 is 0 Å². The molecule has 1 aliphatic heterocycles. The number of allylic oxidation sites excluding steroid dienone is 3. The first kappa shape index (κ1) is 18.5. The molecule has 0 fully saturated rings. The molecule has 0 radical (unpaired) electrons. The standard InChI is InChI=1S/C23H19BrN4S/c1-23(2)15-7-4-5-8-18(15)28(3)19(23)9-6-10-20-27-21-22(29-20)26-16-12-11-14(24)13-17(16)25-21/h4-13H,1-3H3/b10-6+,19-9+. The topological polar surface area (TPSA) is 41.9 Å². The second kappa shape index (κ2) is 6.75. The number of thiazole rings is 1. The van der Waals surface area contributed by atoms with E-state index in [2.05, 4.69) is 88.1 Å². The first-order valence-corrected chi connectivity index (χ1v) is 11.0. The van der Waals surface area contributed by atoms with Crippen LogP contribution in [0.5, 0.6) is 0 Å². The molecule has 6 heteroatoms. The minimum atomic E-state index is -0.0303. The van der Waals surface area contributed by atoms with E-state index in [1.807, 2.05) is 24.3 Å². The molecule has 0 atom stereocenters. The number of hydrogen-bond acceptors (Lipinski definition) is 5. The fourth-order valence-corrected chi connectivity index (χ4v) is 5.12. The summed E-state index contributed by atoms with van der Waals surface area (Å²) < 4.78 is 0.991. The van der Waals surface area contributed by atoms with E-state index in [9.17, 15) is 0 Å². The fraction of sp³-hybridized carbons (Fsp3) is 0.174. The Morgan fingerprint density at radius 2 is 1.86 bits per heavy atom. The van der Waals surface area contributed by atoms with Crippen LogP contribution in [0.2, 0.25) is 0 Å². The Morgan fingerprint density at radius 1 is 1.03 bits per heavy atom. The van der Waals surface area contributed by atoms with Crippen molar-refractivity contribution in [2.45, 2.75) is 19.3 Å². The van der Waals surface area contributed by atoms with Gasteiger partial charge in [0, 0.05) is 28.3 Å². The predicted molar refractivity (Wildman–Crippen MR) is 125 cm³/mol. The van der Waals surface area contributed by atoms with Gasteiger partial charge in [-0.05, 0) is 42.0 Å². The minimum absolute atomic E-state index is 0.0303. The average Bonchev–Trinajstić information content (AvgIpc) is 3.17. The molecule has 3 heterocycles. The smallest absolute Gasteiger partial charge is 0.190 e. The lowest BCUT2D eigenvalue weighted by Crippen LogP contribution is -2.22. The van der Waals surface area contributed by atoms with Gasteiger partial charge in [0.2, 0.25) is 0 Å². The Balaban J connectivity index is 1.49. The van der Waals surface area contributed by atoms with Gasteiger partial charge in [-0.15, -0.1) is 0 Å². The van der Waals surface area contributed by atoms with Gasteiger partial charge in [-0.2, -0.15) is 0 Å². The van der Waals surface area contributed by atoms with Crippen molar-refractivity contribution in [3.63, 3.8) is 0 Å². The quantitative estimate of drug-likeness (QED) is 0.349. The number of anilines is 1. The third-order valence-corrected chi connectivity index (χ3v) is 6.82. The summed E-state index contributed by atoms with van der Waals surface area (Å²) in [5.41, 5.74) is 6.28. The van der Waals surface area contributed by atoms with Gasteiger partial charge < -0.3 is 4.90 Å². The fourth-order valence-electron chi connectivity index (χ4n) is 3.96. The summed E-state index contributed by atoms with van der Waals surface area (Å²) in [6.07, 6.45) is 6.29. The summed E-state index contributed by atoms with van der Waals surface area (Å²) in [5, 5.41) is 0.905. The maximum atomic E-state index is 4.70. The van der Waals surface area contributed by atoms with Gasteiger partial charge in [-0.1, -0.05) is 65.4 Å². The molecular weight excluding hydrogens is 444 g/mol. The number of benzene rings is 2. The van der Waals surface area contributed by atoms with E-state index in [-0.39, 0.29) is 5.41 Å². The highest BCUT2D eigenvalue weighted by Crippen LogP contribution is 2.46. The molecule has 29 heavy (non-hydrogen) atoms. The number of halogens is 1. The molecule has 0 saturated carbocycles. The largest absolute Gasteiger partial charge is 0.347 e. The zero-order chi connectivity index (χ0) is 20.2. The highest BCUT2D eigenvalue weighted by atomic mass is 79.9. The molecule has 1 aliphatic rings. The maximum absolute atomic E-state index is 4.70. The number of nitrogens with zero attached hydrogens (tertiary/aromatic N) is 4. The van der Waals surface area contributed by atoms with Crippen molar-refractivity contribution in [2.75, 3.05) is 11.9 Å². The van der Waals surface area contributed by atoms with Crippen LogP contribution in [-0.4, -0.2) is 22.0 Å². The van der Waals surface area contributed by atoms with Crippen LogP contribution in [0.4, 0.5) is 5.69 Å². The second-order valence-electron chi connectivity index (χ2n) is 7.65. The van der Waals surface area contributed by atoms with Crippen LogP contribution in [-0.2, 0) is 5.41 Å². The monoisotopic (exact) mass is 462 g/mol. The molecule has 0 amide bonds. The highest BCUT2D eigenvalue weighted by molar-refractivity contribution is 9.10. The zero-order valence-electron chi connectivity index (χ0n) is 16.3. The van der Waals surface area contributed by atoms with E-state index in [0.717, 1.165) is 25.3 Å². The number of likely N-dealkylation sites (N-methyl/N-ethyl adjacent to an activating group) is 1. The van der Waals surface area contributed by atoms with Crippen molar-refractivity contribution in [1.82, 2.24) is 15.0 Å². The summed E-state index contributed by atoms with van der Waals surface area (Å²) in [4.78, 5) is 17.1. The van der Waals surface area contributed by atoms with Crippen LogP contribution in [0.1, 0.15) is 24.4 Å². The number of rotatable bonds is 2. The van der Waals surface area contributed by atoms with E-state index in [0.29, 0.717) is 5.65 Å². The van der Waals surface area contributed by atoms with Crippen molar-refractivity contribution in [3.05, 3.63) is 75.4 Å². The summed E-state index contributed by atoms with van der Waals surface area (Å²) in [6, 6.07) is 14.5. The van der Waals surface area contributed by atoms with Gasteiger partial charge in [-0.3, -0.25) is 0 Å². The molecule has 5 rings (SSSR count). The molecule has 0 aliphatic carbocycles. The Labute approximate surface area is 181 Å². The van der Waals surface area contributed by atoms with Crippen LogP contribution >= 0.6 is 27.3 Å². The molecule has 144 valence electrons. The number of aromatic nitrogens is 3. The highest BCUT2D eigenvalue weighted by Gasteiger charge is 2.37. The first-order valence-electron chi connectivity index (χ1n) is 9.39. The van der Waals surface area contributed by atoms with Crippen LogP contribution in [0.3, 0.4) is 0 Å². The average molecular weight is 463 g/mol. The molecule has 2 aromatic heterocycles. The number of para-hydroxylation sites is 1. The Kier molecular flexibility index (Phi) is 4.29. The van der Waals surface area contributed by atoms with Crippen LogP contribution < -0.4 is 4.90 Å². The van der Waals surface area contributed by atoms with Crippen molar-refractivity contribution in [1.29, 1.82) is 0 Å². The molecular formula is C23H19BrN4S. The summed E-state index contributed by atoms with van der Waals surface area (Å²) >= 11 is 5.05. The van der Waals surface area contributed by atoms with Crippen molar-refractivity contribution < 1.29 is 0 Å². The van der Waals surface area contributed by atoms with E-state index in [1.54, 1.807) is 11.3 Å². The Morgan fingerprint density at radius 3 is 2.69 bits per heavy atom. The molecule has 0 bridgehead atoms. The predicted octanol–water partition coefficient (Wildman–Crippen LogP) is 6.33. The second-order valence-corrected chi connectivity index (χ2v) is 9.57. The zero-order valence-corrected chi connectivity index (χ0v) is 18.8. The minimum Gasteiger partial charge on any atom is -0.347 e. The molecule has 0 saturated heterocycles. The first-order chi connectivity index (χ1) is 13.9. The molecule has 4 nitrogen and oxygen atoms in total. The Bertz CT molecular complexity index is 1320. The lowest BCUT2D eigenvalue weighted by atomic mass is 9.84. The maximum Gasteiger partial charge on any atom is 0.190 e. The molecule has 0 spiro atoms. The number of hydrogen-bond donors (Lipinski definition) is 0. The van der Waals surface area contributed by atoms with E-state index >= 15 is 0 Å².